The standard InChI is InChI=1S/C7H11NP4/c1-3-4(9)5(10)6(11)8-7(3)12-2/h2,9-11H2,1H3. The molecule has 1 rings (SSSR count). The van der Waals surface area contributed by atoms with Crippen molar-refractivity contribution in [3.63, 3.8) is 0 Å². The number of rotatable bonds is 1. The summed E-state index contributed by atoms with van der Waals surface area (Å²) in [5.41, 5.74) is 3.26. The molecule has 0 radical (unpaired) electrons. The fraction of sp³-hybridized carbons (Fsp3) is 0.143. The third kappa shape index (κ3) is 1.92. The molecule has 64 valence electrons. The summed E-state index contributed by atoms with van der Waals surface area (Å²) in [5.74, 6) is 0. The van der Waals surface area contributed by atoms with Crippen molar-refractivity contribution in [2.24, 2.45) is 0 Å². The first-order valence-corrected chi connectivity index (χ1v) is 6.16. The van der Waals surface area contributed by atoms with E-state index in [0.717, 1.165) is 24.4 Å². The lowest BCUT2D eigenvalue weighted by Crippen LogP contribution is -2.34. The van der Waals surface area contributed by atoms with Gasteiger partial charge in [0.1, 0.15) is 0 Å². The van der Waals surface area contributed by atoms with E-state index < -0.39 is 0 Å². The van der Waals surface area contributed by atoms with E-state index in [1.165, 1.54) is 10.9 Å². The first-order valence-electron chi connectivity index (χ1n) is 3.35. The van der Waals surface area contributed by atoms with E-state index in [0.29, 0.717) is 0 Å². The lowest BCUT2D eigenvalue weighted by molar-refractivity contribution is 1.43. The largest absolute Gasteiger partial charge is 0.243 e. The van der Waals surface area contributed by atoms with Gasteiger partial charge in [0.05, 0.1) is 10.9 Å². The quantitative estimate of drug-likeness (QED) is 0.617. The summed E-state index contributed by atoms with van der Waals surface area (Å²) in [6.45, 7) is 2.07. The molecular formula is C7H11NP4. The van der Waals surface area contributed by atoms with Crippen molar-refractivity contribution in [2.75, 3.05) is 0 Å². The van der Waals surface area contributed by atoms with Crippen molar-refractivity contribution in [3.05, 3.63) is 5.56 Å². The van der Waals surface area contributed by atoms with Crippen LogP contribution < -0.4 is 21.5 Å². The number of pyridine rings is 1. The van der Waals surface area contributed by atoms with Gasteiger partial charge in [-0.2, -0.15) is 0 Å². The van der Waals surface area contributed by atoms with Crippen molar-refractivity contribution in [1.29, 1.82) is 0 Å². The van der Waals surface area contributed by atoms with Crippen molar-refractivity contribution in [3.8, 4) is 0 Å². The third-order valence-corrected chi connectivity index (χ3v) is 4.87. The number of hydrogen-bond acceptors (Lipinski definition) is 1. The molecule has 0 spiro atoms. The van der Waals surface area contributed by atoms with Crippen molar-refractivity contribution < 1.29 is 0 Å². The Kier molecular flexibility index (Phi) is 3.75. The second kappa shape index (κ2) is 4.21. The lowest BCUT2D eigenvalue weighted by Gasteiger charge is -2.08. The molecule has 12 heavy (non-hydrogen) atoms. The van der Waals surface area contributed by atoms with E-state index in [1.54, 1.807) is 0 Å². The fourth-order valence-electron chi connectivity index (χ4n) is 0.873. The van der Waals surface area contributed by atoms with Gasteiger partial charge in [0.2, 0.25) is 0 Å². The van der Waals surface area contributed by atoms with Crippen LogP contribution in [-0.2, 0) is 0 Å². The molecule has 0 bridgehead atoms. The Hall–Kier alpha value is 0.610. The van der Waals surface area contributed by atoms with Crippen LogP contribution in [0.4, 0.5) is 0 Å². The van der Waals surface area contributed by atoms with E-state index in [4.69, 9.17) is 0 Å². The molecule has 0 aliphatic heterocycles. The first kappa shape index (κ1) is 10.7. The molecule has 1 aromatic rings. The normalized spacial score (nSPS) is 10.7. The zero-order chi connectivity index (χ0) is 9.30. The second-order valence-corrected chi connectivity index (χ2v) is 4.87. The molecule has 0 amide bonds. The van der Waals surface area contributed by atoms with Crippen LogP contribution in [0.5, 0.6) is 0 Å². The van der Waals surface area contributed by atoms with Crippen LogP contribution in [0.25, 0.3) is 0 Å². The molecule has 0 saturated carbocycles. The highest BCUT2D eigenvalue weighted by Gasteiger charge is 2.06. The highest BCUT2D eigenvalue weighted by atomic mass is 31.1. The molecule has 1 heterocycles. The van der Waals surface area contributed by atoms with Crippen LogP contribution >= 0.6 is 35.9 Å². The maximum Gasteiger partial charge on any atom is 0.0933 e. The van der Waals surface area contributed by atoms with Crippen LogP contribution in [-0.4, -0.2) is 11.3 Å². The number of aromatic nitrogens is 1. The Bertz CT molecular complexity index is 335. The van der Waals surface area contributed by atoms with Gasteiger partial charge in [0, 0.05) is 5.30 Å². The maximum atomic E-state index is 4.41. The summed E-state index contributed by atoms with van der Waals surface area (Å²) in [7, 11) is 9.04. The monoisotopic (exact) mass is 233 g/mol. The molecule has 0 aliphatic rings. The molecule has 0 fully saturated rings. The summed E-state index contributed by atoms with van der Waals surface area (Å²) in [6, 6.07) is 0. The minimum Gasteiger partial charge on any atom is -0.243 e. The summed E-state index contributed by atoms with van der Waals surface area (Å²) < 4.78 is 0. The molecule has 1 aromatic heterocycles. The Morgan fingerprint density at radius 2 is 1.83 bits per heavy atom. The van der Waals surface area contributed by atoms with Gasteiger partial charge in [-0.3, -0.25) is 0 Å². The zero-order valence-corrected chi connectivity index (χ0v) is 11.2. The topological polar surface area (TPSA) is 12.9 Å². The summed E-state index contributed by atoms with van der Waals surface area (Å²) >= 11 is 0. The smallest absolute Gasteiger partial charge is 0.0933 e. The summed E-state index contributed by atoms with van der Waals surface area (Å²) in [5, 5.41) is 2.36. The Morgan fingerprint density at radius 1 is 1.25 bits per heavy atom. The van der Waals surface area contributed by atoms with E-state index in [-0.39, 0.29) is 0 Å². The van der Waals surface area contributed by atoms with Gasteiger partial charge in [-0.25, -0.2) is 4.98 Å². The van der Waals surface area contributed by atoms with Gasteiger partial charge in [-0.05, 0) is 17.8 Å². The van der Waals surface area contributed by atoms with Crippen LogP contribution in [0, 0.1) is 6.92 Å². The van der Waals surface area contributed by atoms with Gasteiger partial charge in [0.25, 0.3) is 0 Å². The zero-order valence-electron chi connectivity index (χ0n) is 6.83. The molecule has 3 atom stereocenters. The van der Waals surface area contributed by atoms with Crippen LogP contribution in [0.3, 0.4) is 0 Å². The van der Waals surface area contributed by atoms with Crippen LogP contribution in [0.1, 0.15) is 5.56 Å². The molecule has 1 nitrogen and oxygen atoms in total. The summed E-state index contributed by atoms with van der Waals surface area (Å²) in [6.07, 6.45) is 3.81. The number of hydrogen-bond donors (Lipinski definition) is 0. The molecule has 0 N–H and O–H groups in total. The Morgan fingerprint density at radius 3 is 2.33 bits per heavy atom. The molecule has 3 unspecified atom stereocenters. The number of nitrogens with zero attached hydrogens (tertiary/aromatic N) is 1. The third-order valence-electron chi connectivity index (χ3n) is 1.68. The Labute approximate surface area is 81.5 Å². The SMILES string of the molecule is C=Pc1nc(P)c(P)c(P)c1C. The summed E-state index contributed by atoms with van der Waals surface area (Å²) in [4.78, 5) is 4.41. The first-order chi connectivity index (χ1) is 5.57. The van der Waals surface area contributed by atoms with Gasteiger partial charge in [0.15, 0.2) is 0 Å². The van der Waals surface area contributed by atoms with Crippen LogP contribution in [0.15, 0.2) is 0 Å². The minimum atomic E-state index is 0.978. The lowest BCUT2D eigenvalue weighted by atomic mass is 10.3. The predicted molar refractivity (Wildman–Crippen MR) is 70.7 cm³/mol. The highest BCUT2D eigenvalue weighted by molar-refractivity contribution is 7.46. The van der Waals surface area contributed by atoms with Gasteiger partial charge >= 0.3 is 0 Å². The fourth-order valence-corrected chi connectivity index (χ4v) is 2.66. The van der Waals surface area contributed by atoms with E-state index in [1.807, 2.05) is 0 Å². The van der Waals surface area contributed by atoms with E-state index in [2.05, 4.69) is 45.9 Å². The highest BCUT2D eigenvalue weighted by Crippen LogP contribution is 2.01. The molecule has 0 aliphatic carbocycles. The van der Waals surface area contributed by atoms with Crippen molar-refractivity contribution >= 4 is 63.7 Å². The average Bonchev–Trinajstić information content (AvgIpc) is 2.08. The van der Waals surface area contributed by atoms with Crippen molar-refractivity contribution in [1.82, 2.24) is 4.98 Å². The molecular weight excluding hydrogens is 222 g/mol. The van der Waals surface area contributed by atoms with Gasteiger partial charge in [-0.1, -0.05) is 23.7 Å². The molecule has 5 heteroatoms. The van der Waals surface area contributed by atoms with Crippen LogP contribution in [0.2, 0.25) is 0 Å². The average molecular weight is 233 g/mol. The van der Waals surface area contributed by atoms with Gasteiger partial charge < -0.3 is 0 Å². The van der Waals surface area contributed by atoms with Gasteiger partial charge in [-0.15, -0.1) is 18.5 Å². The Balaban J connectivity index is 3.49. The van der Waals surface area contributed by atoms with Crippen molar-refractivity contribution in [2.45, 2.75) is 6.92 Å². The van der Waals surface area contributed by atoms with E-state index >= 15 is 0 Å². The molecule has 0 aromatic carbocycles. The minimum absolute atomic E-state index is 0.978. The predicted octanol–water partition coefficient (Wildman–Crippen LogP) is -0.105. The second-order valence-electron chi connectivity index (χ2n) is 2.43. The maximum absolute atomic E-state index is 4.41. The van der Waals surface area contributed by atoms with E-state index in [9.17, 15) is 0 Å². The molecule has 0 saturated heterocycles.